The number of fused-ring (bicyclic) bond motifs is 1. The van der Waals surface area contributed by atoms with E-state index in [1.165, 1.54) is 0 Å². The van der Waals surface area contributed by atoms with Gasteiger partial charge in [0.1, 0.15) is 12.3 Å². The molecule has 1 amide bonds. The molecular weight excluding hydrogens is 375 g/mol. The number of carbonyl (C=O) groups is 1. The van der Waals surface area contributed by atoms with Crippen LogP contribution in [0, 0.1) is 0 Å². The van der Waals surface area contributed by atoms with Gasteiger partial charge in [-0.25, -0.2) is 14.2 Å². The molecule has 10 heteroatoms. The largest absolute Gasteiger partial charge is 0.436 e. The normalized spacial score (nSPS) is 10.7. The van der Waals surface area contributed by atoms with Gasteiger partial charge >= 0.3 is 6.09 Å². The van der Waals surface area contributed by atoms with Gasteiger partial charge in [0, 0.05) is 4.90 Å². The quantitative estimate of drug-likeness (QED) is 0.308. The van der Waals surface area contributed by atoms with Gasteiger partial charge in [-0.3, -0.25) is 9.24 Å². The maximum absolute atomic E-state index is 12.8. The van der Waals surface area contributed by atoms with Gasteiger partial charge in [-0.15, -0.1) is 0 Å². The third-order valence-electron chi connectivity index (χ3n) is 3.45. The average molecular weight is 392 g/mol. The molecule has 0 bridgehead atoms. The number of rotatable bonds is 8. The number of pyridine rings is 1. The monoisotopic (exact) mass is 392 g/mol. The minimum Gasteiger partial charge on any atom is -0.405 e. The zero-order chi connectivity index (χ0) is 19.1. The molecule has 142 valence electrons. The maximum Gasteiger partial charge on any atom is 0.436 e. The van der Waals surface area contributed by atoms with Crippen molar-refractivity contribution in [2.24, 2.45) is 0 Å². The number of para-hydroxylation sites is 1. The summed E-state index contributed by atoms with van der Waals surface area (Å²) < 4.78 is 19.8. The highest BCUT2D eigenvalue weighted by Crippen LogP contribution is 2.34. The summed E-state index contributed by atoms with van der Waals surface area (Å²) in [5.74, 6) is 0.653. The Kier molecular flexibility index (Phi) is 6.47. The molecule has 0 aliphatic rings. The Morgan fingerprint density at radius 1 is 1.30 bits per heavy atom. The van der Waals surface area contributed by atoms with Gasteiger partial charge in [-0.1, -0.05) is 23.9 Å². The Labute approximate surface area is 158 Å². The Hall–Kier alpha value is -2.82. The van der Waals surface area contributed by atoms with E-state index in [1.54, 1.807) is 41.2 Å². The fraction of sp³-hybridized carbons (Fsp3) is 0.176. The van der Waals surface area contributed by atoms with Crippen molar-refractivity contribution in [2.45, 2.75) is 4.90 Å². The van der Waals surface area contributed by atoms with Crippen LogP contribution in [-0.2, 0) is 4.84 Å². The molecule has 0 spiro atoms. The fourth-order valence-corrected chi connectivity index (χ4v) is 2.90. The van der Waals surface area contributed by atoms with Crippen molar-refractivity contribution in [3.05, 3.63) is 48.9 Å². The van der Waals surface area contributed by atoms with E-state index < -0.39 is 12.1 Å². The molecule has 0 fully saturated rings. The number of imidazole rings is 1. The third-order valence-corrected chi connectivity index (χ3v) is 4.22. The Balaban J connectivity index is 1.91. The predicted octanol–water partition coefficient (Wildman–Crippen LogP) is 3.11. The van der Waals surface area contributed by atoms with Gasteiger partial charge in [0.15, 0.2) is 11.6 Å². The number of alkyl halides is 1. The zero-order valence-electron chi connectivity index (χ0n) is 14.1. The SMILES string of the molecule is O=C(NOCCO)Oc1ccc2cncn2c1Nc1ccccc1SCF. The highest BCUT2D eigenvalue weighted by Gasteiger charge is 2.15. The van der Waals surface area contributed by atoms with E-state index in [0.29, 0.717) is 16.4 Å². The fourth-order valence-electron chi connectivity index (χ4n) is 2.34. The van der Waals surface area contributed by atoms with Crippen LogP contribution in [0.1, 0.15) is 0 Å². The van der Waals surface area contributed by atoms with Gasteiger partial charge in [0.2, 0.25) is 0 Å². The summed E-state index contributed by atoms with van der Waals surface area (Å²) in [6, 6.07) is 9.98. The van der Waals surface area contributed by atoms with Crippen LogP contribution in [0.5, 0.6) is 5.75 Å². The number of aliphatic hydroxyl groups is 1. The highest BCUT2D eigenvalue weighted by molar-refractivity contribution is 7.99. The molecule has 3 rings (SSSR count). The number of thioether (sulfide) groups is 1. The first-order valence-corrected chi connectivity index (χ1v) is 8.92. The van der Waals surface area contributed by atoms with Gasteiger partial charge in [0.25, 0.3) is 0 Å². The first kappa shape index (κ1) is 19.0. The van der Waals surface area contributed by atoms with Crippen LogP contribution in [-0.4, -0.2) is 39.8 Å². The first-order chi connectivity index (χ1) is 13.2. The van der Waals surface area contributed by atoms with Gasteiger partial charge in [-0.2, -0.15) is 5.48 Å². The van der Waals surface area contributed by atoms with Gasteiger partial charge in [-0.05, 0) is 24.3 Å². The lowest BCUT2D eigenvalue weighted by atomic mass is 10.3. The van der Waals surface area contributed by atoms with Crippen molar-refractivity contribution in [2.75, 3.05) is 24.5 Å². The van der Waals surface area contributed by atoms with E-state index in [-0.39, 0.29) is 19.0 Å². The number of benzene rings is 1. The van der Waals surface area contributed by atoms with E-state index >= 15 is 0 Å². The minimum absolute atomic E-state index is 0.0609. The zero-order valence-corrected chi connectivity index (χ0v) is 14.9. The lowest BCUT2D eigenvalue weighted by molar-refractivity contribution is 0.0246. The summed E-state index contributed by atoms with van der Waals surface area (Å²) in [5.41, 5.74) is 3.50. The number of hydroxylamine groups is 1. The van der Waals surface area contributed by atoms with Crippen molar-refractivity contribution in [1.82, 2.24) is 14.9 Å². The summed E-state index contributed by atoms with van der Waals surface area (Å²) in [6.07, 6.45) is 2.37. The number of carbonyl (C=O) groups excluding carboxylic acids is 1. The molecule has 0 aliphatic heterocycles. The predicted molar refractivity (Wildman–Crippen MR) is 98.9 cm³/mol. The van der Waals surface area contributed by atoms with Crippen LogP contribution in [0.4, 0.5) is 20.7 Å². The average Bonchev–Trinajstić information content (AvgIpc) is 3.14. The molecule has 8 nitrogen and oxygen atoms in total. The van der Waals surface area contributed by atoms with Crippen LogP contribution in [0.3, 0.4) is 0 Å². The van der Waals surface area contributed by atoms with Crippen molar-refractivity contribution in [3.8, 4) is 5.75 Å². The molecule has 3 aromatic rings. The number of anilines is 2. The Morgan fingerprint density at radius 2 is 2.15 bits per heavy atom. The molecule has 0 unspecified atom stereocenters. The molecule has 2 aromatic heterocycles. The Morgan fingerprint density at radius 3 is 2.96 bits per heavy atom. The van der Waals surface area contributed by atoms with Crippen LogP contribution in [0.15, 0.2) is 53.8 Å². The molecule has 0 aliphatic carbocycles. The molecule has 27 heavy (non-hydrogen) atoms. The second kappa shape index (κ2) is 9.21. The van der Waals surface area contributed by atoms with E-state index in [4.69, 9.17) is 14.7 Å². The van der Waals surface area contributed by atoms with Crippen molar-refractivity contribution in [1.29, 1.82) is 0 Å². The number of halogens is 1. The van der Waals surface area contributed by atoms with Gasteiger partial charge < -0.3 is 15.2 Å². The van der Waals surface area contributed by atoms with Crippen molar-refractivity contribution < 1.29 is 23.9 Å². The summed E-state index contributed by atoms with van der Waals surface area (Å²) in [6.45, 7) is -0.300. The van der Waals surface area contributed by atoms with Crippen molar-refractivity contribution >= 4 is 34.9 Å². The highest BCUT2D eigenvalue weighted by atomic mass is 32.2. The molecule has 1 aromatic carbocycles. The van der Waals surface area contributed by atoms with Crippen LogP contribution in [0.2, 0.25) is 0 Å². The number of aromatic nitrogens is 2. The lowest BCUT2D eigenvalue weighted by Gasteiger charge is -2.16. The topological polar surface area (TPSA) is 97.1 Å². The van der Waals surface area contributed by atoms with E-state index in [2.05, 4.69) is 15.8 Å². The lowest BCUT2D eigenvalue weighted by Crippen LogP contribution is -2.28. The number of aliphatic hydroxyl groups excluding tert-OH is 1. The van der Waals surface area contributed by atoms with Crippen LogP contribution < -0.4 is 15.5 Å². The number of nitrogens with zero attached hydrogens (tertiary/aromatic N) is 2. The molecule has 3 N–H and O–H groups in total. The molecular formula is C17H17FN4O4S. The number of hydrogen-bond donors (Lipinski definition) is 3. The molecule has 0 saturated heterocycles. The summed E-state index contributed by atoms with van der Waals surface area (Å²) >= 11 is 1.04. The molecule has 0 saturated carbocycles. The summed E-state index contributed by atoms with van der Waals surface area (Å²) in [5, 5.41) is 11.9. The third kappa shape index (κ3) is 4.67. The molecule has 2 heterocycles. The van der Waals surface area contributed by atoms with E-state index in [0.717, 1.165) is 17.3 Å². The summed E-state index contributed by atoms with van der Waals surface area (Å²) in [7, 11) is 0. The van der Waals surface area contributed by atoms with Crippen LogP contribution >= 0.6 is 11.8 Å². The standard InChI is InChI=1S/C17H17FN4O4S/c18-10-27-15-4-2-1-3-13(15)20-16-14(26-17(24)21-25-8-7-23)6-5-12-9-19-11-22(12)16/h1-6,9,11,20,23H,7-8,10H2,(H,21,24). The molecule has 0 radical (unpaired) electrons. The first-order valence-electron chi connectivity index (χ1n) is 7.93. The number of nitrogens with one attached hydrogen (secondary N) is 2. The second-order valence-corrected chi connectivity index (χ2v) is 6.12. The molecule has 0 atom stereocenters. The van der Waals surface area contributed by atoms with Crippen LogP contribution in [0.25, 0.3) is 5.52 Å². The minimum atomic E-state index is -0.850. The maximum atomic E-state index is 12.8. The smallest absolute Gasteiger partial charge is 0.405 e. The van der Waals surface area contributed by atoms with E-state index in [9.17, 15) is 9.18 Å². The van der Waals surface area contributed by atoms with Gasteiger partial charge in [0.05, 0.1) is 30.6 Å². The second-order valence-electron chi connectivity index (χ2n) is 5.17. The Bertz CT molecular complexity index is 921. The summed E-state index contributed by atoms with van der Waals surface area (Å²) in [4.78, 5) is 21.4. The number of hydrogen-bond acceptors (Lipinski definition) is 7. The number of amides is 1. The van der Waals surface area contributed by atoms with Crippen molar-refractivity contribution in [3.63, 3.8) is 0 Å². The number of ether oxygens (including phenoxy) is 1. The van der Waals surface area contributed by atoms with E-state index in [1.807, 2.05) is 12.1 Å².